The van der Waals surface area contributed by atoms with Crippen LogP contribution in [-0.4, -0.2) is 53.5 Å². The first-order chi connectivity index (χ1) is 15.5. The van der Waals surface area contributed by atoms with Gasteiger partial charge in [-0.3, -0.25) is 9.59 Å². The molecule has 0 bridgehead atoms. The smallest absolute Gasteiger partial charge is 0.258 e. The van der Waals surface area contributed by atoms with Gasteiger partial charge in [0.15, 0.2) is 0 Å². The van der Waals surface area contributed by atoms with Crippen molar-refractivity contribution in [3.05, 3.63) is 63.7 Å². The molecule has 1 fully saturated rings. The number of nitrogens with zero attached hydrogens (tertiary/aromatic N) is 3. The Morgan fingerprint density at radius 1 is 1.16 bits per heavy atom. The lowest BCUT2D eigenvalue weighted by Gasteiger charge is -2.36. The maximum atomic E-state index is 12.7. The van der Waals surface area contributed by atoms with E-state index in [0.29, 0.717) is 41.0 Å². The second-order valence-electron chi connectivity index (χ2n) is 8.01. The summed E-state index contributed by atoms with van der Waals surface area (Å²) in [7, 11) is 0. The van der Waals surface area contributed by atoms with Crippen LogP contribution in [0.4, 0.5) is 11.4 Å². The Morgan fingerprint density at radius 3 is 2.72 bits per heavy atom. The van der Waals surface area contributed by atoms with E-state index in [1.165, 1.54) is 0 Å². The van der Waals surface area contributed by atoms with Crippen molar-refractivity contribution in [3.63, 3.8) is 0 Å². The molecule has 8 heteroatoms. The number of aromatic nitrogens is 2. The number of likely N-dealkylation sites (N-methyl/N-ethyl adjacent to an activating group) is 1. The quantitative estimate of drug-likeness (QED) is 0.570. The van der Waals surface area contributed by atoms with Crippen LogP contribution < -0.4 is 15.8 Å². The summed E-state index contributed by atoms with van der Waals surface area (Å²) in [5.74, 6) is 0.516. The van der Waals surface area contributed by atoms with Gasteiger partial charge in [0, 0.05) is 44.0 Å². The fraction of sp³-hybridized carbons (Fsp3) is 0.375. The minimum Gasteiger partial charge on any atom is -0.367 e. The van der Waals surface area contributed by atoms with Crippen molar-refractivity contribution in [3.8, 4) is 0 Å². The second kappa shape index (κ2) is 10.1. The monoisotopic (exact) mass is 453 g/mol. The summed E-state index contributed by atoms with van der Waals surface area (Å²) in [6.45, 7) is 7.06. The molecule has 32 heavy (non-hydrogen) atoms. The zero-order chi connectivity index (χ0) is 22.5. The standard InChI is InChI=1S/C24H28ClN5O2/c1-2-29-12-14-30(15-13-29)21-11-10-17(25)16-20(21)27-23(31)9-5-8-22-26-19-7-4-3-6-18(19)24(32)28-22/h3-4,6-7,10-11,16H,2,5,8-9,12-15H2,1H3,(H,27,31)(H,26,28,32). The number of fused-ring (bicyclic) bond motifs is 1. The molecule has 0 spiro atoms. The van der Waals surface area contributed by atoms with E-state index in [0.717, 1.165) is 44.1 Å². The number of H-pyrrole nitrogens is 1. The Morgan fingerprint density at radius 2 is 1.94 bits per heavy atom. The summed E-state index contributed by atoms with van der Waals surface area (Å²) >= 11 is 6.21. The van der Waals surface area contributed by atoms with Crippen LogP contribution in [0.1, 0.15) is 25.6 Å². The molecular weight excluding hydrogens is 426 g/mol. The first-order valence-corrected chi connectivity index (χ1v) is 11.5. The van der Waals surface area contributed by atoms with Crippen molar-refractivity contribution < 1.29 is 4.79 Å². The number of anilines is 2. The third-order valence-electron chi connectivity index (χ3n) is 5.87. The zero-order valence-electron chi connectivity index (χ0n) is 18.2. The second-order valence-corrected chi connectivity index (χ2v) is 8.45. The number of hydrogen-bond acceptors (Lipinski definition) is 5. The normalized spacial score (nSPS) is 14.6. The van der Waals surface area contributed by atoms with Crippen LogP contribution in [0.3, 0.4) is 0 Å². The molecule has 1 aliphatic heterocycles. The summed E-state index contributed by atoms with van der Waals surface area (Å²) in [5, 5.41) is 4.19. The molecular formula is C24H28ClN5O2. The lowest BCUT2D eigenvalue weighted by atomic mass is 10.1. The number of nitrogens with one attached hydrogen (secondary N) is 2. The highest BCUT2D eigenvalue weighted by atomic mass is 35.5. The van der Waals surface area contributed by atoms with Crippen LogP contribution in [0.5, 0.6) is 0 Å². The van der Waals surface area contributed by atoms with E-state index in [1.54, 1.807) is 6.07 Å². The molecule has 0 aliphatic carbocycles. The predicted octanol–water partition coefficient (Wildman–Crippen LogP) is 3.68. The molecule has 3 aromatic rings. The van der Waals surface area contributed by atoms with Gasteiger partial charge in [0.25, 0.3) is 5.56 Å². The van der Waals surface area contributed by atoms with Gasteiger partial charge in [-0.2, -0.15) is 0 Å². The number of aromatic amines is 1. The van der Waals surface area contributed by atoms with Gasteiger partial charge in [-0.05, 0) is 43.3 Å². The van der Waals surface area contributed by atoms with E-state index in [-0.39, 0.29) is 11.5 Å². The Kier molecular flexibility index (Phi) is 7.07. The summed E-state index contributed by atoms with van der Waals surface area (Å²) in [4.78, 5) is 36.9. The zero-order valence-corrected chi connectivity index (χ0v) is 19.0. The van der Waals surface area contributed by atoms with Gasteiger partial charge in [0.05, 0.1) is 22.3 Å². The SMILES string of the molecule is CCN1CCN(c2ccc(Cl)cc2NC(=O)CCCc2nc3ccccc3c(=O)[nH]2)CC1. The minimum atomic E-state index is -0.151. The van der Waals surface area contributed by atoms with E-state index >= 15 is 0 Å². The highest BCUT2D eigenvalue weighted by Gasteiger charge is 2.19. The van der Waals surface area contributed by atoms with Gasteiger partial charge in [-0.15, -0.1) is 0 Å². The Bertz CT molecular complexity index is 1150. The molecule has 168 valence electrons. The van der Waals surface area contributed by atoms with Gasteiger partial charge in [0.1, 0.15) is 5.82 Å². The van der Waals surface area contributed by atoms with Gasteiger partial charge >= 0.3 is 0 Å². The lowest BCUT2D eigenvalue weighted by molar-refractivity contribution is -0.116. The van der Waals surface area contributed by atoms with Crippen LogP contribution in [-0.2, 0) is 11.2 Å². The Balaban J connectivity index is 1.37. The average molecular weight is 454 g/mol. The first kappa shape index (κ1) is 22.3. The molecule has 2 heterocycles. The number of halogens is 1. The molecule has 1 amide bonds. The van der Waals surface area contributed by atoms with Crippen LogP contribution in [0.25, 0.3) is 10.9 Å². The number of aryl methyl sites for hydroxylation is 1. The minimum absolute atomic E-state index is 0.0798. The Labute approximate surface area is 192 Å². The summed E-state index contributed by atoms with van der Waals surface area (Å²) in [6, 6.07) is 12.9. The number of para-hydroxylation sites is 1. The van der Waals surface area contributed by atoms with Crippen molar-refractivity contribution in [2.75, 3.05) is 42.9 Å². The van der Waals surface area contributed by atoms with E-state index in [9.17, 15) is 9.59 Å². The van der Waals surface area contributed by atoms with Crippen LogP contribution in [0, 0.1) is 0 Å². The number of carbonyl (C=O) groups excluding carboxylic acids is 1. The van der Waals surface area contributed by atoms with Crippen molar-refractivity contribution in [1.82, 2.24) is 14.9 Å². The van der Waals surface area contributed by atoms with Crippen molar-refractivity contribution in [2.24, 2.45) is 0 Å². The Hall–Kier alpha value is -2.90. The van der Waals surface area contributed by atoms with Gasteiger partial charge in [0.2, 0.25) is 5.91 Å². The predicted molar refractivity (Wildman–Crippen MR) is 130 cm³/mol. The van der Waals surface area contributed by atoms with Crippen molar-refractivity contribution in [2.45, 2.75) is 26.2 Å². The fourth-order valence-corrected chi connectivity index (χ4v) is 4.24. The molecule has 1 aliphatic rings. The molecule has 4 rings (SSSR count). The average Bonchev–Trinajstić information content (AvgIpc) is 2.79. The highest BCUT2D eigenvalue weighted by Crippen LogP contribution is 2.30. The molecule has 0 unspecified atom stereocenters. The summed E-state index contributed by atoms with van der Waals surface area (Å²) in [6.07, 6.45) is 1.43. The number of carbonyl (C=O) groups is 1. The molecule has 0 saturated carbocycles. The van der Waals surface area contributed by atoms with Crippen molar-refractivity contribution in [1.29, 1.82) is 0 Å². The van der Waals surface area contributed by atoms with E-state index in [4.69, 9.17) is 11.6 Å². The van der Waals surface area contributed by atoms with Gasteiger partial charge in [-0.25, -0.2) is 4.98 Å². The van der Waals surface area contributed by atoms with Crippen LogP contribution >= 0.6 is 11.6 Å². The molecule has 1 aromatic heterocycles. The highest BCUT2D eigenvalue weighted by molar-refractivity contribution is 6.31. The molecule has 2 aromatic carbocycles. The molecule has 7 nitrogen and oxygen atoms in total. The first-order valence-electron chi connectivity index (χ1n) is 11.1. The third-order valence-corrected chi connectivity index (χ3v) is 6.11. The summed E-state index contributed by atoms with van der Waals surface area (Å²) < 4.78 is 0. The van der Waals surface area contributed by atoms with Gasteiger partial charge in [-0.1, -0.05) is 30.7 Å². The number of benzene rings is 2. The number of rotatable bonds is 7. The van der Waals surface area contributed by atoms with Gasteiger partial charge < -0.3 is 20.1 Å². The maximum Gasteiger partial charge on any atom is 0.258 e. The van der Waals surface area contributed by atoms with E-state index < -0.39 is 0 Å². The fourth-order valence-electron chi connectivity index (χ4n) is 4.07. The van der Waals surface area contributed by atoms with Crippen LogP contribution in [0.15, 0.2) is 47.3 Å². The summed E-state index contributed by atoms with van der Waals surface area (Å²) in [5.41, 5.74) is 2.26. The maximum absolute atomic E-state index is 12.7. The van der Waals surface area contributed by atoms with Crippen molar-refractivity contribution >= 4 is 39.8 Å². The third kappa shape index (κ3) is 5.29. The lowest BCUT2D eigenvalue weighted by Crippen LogP contribution is -2.46. The number of piperazine rings is 1. The molecule has 0 radical (unpaired) electrons. The molecule has 0 atom stereocenters. The molecule has 1 saturated heterocycles. The number of hydrogen-bond donors (Lipinski definition) is 2. The topological polar surface area (TPSA) is 81.3 Å². The van der Waals surface area contributed by atoms with Crippen LogP contribution in [0.2, 0.25) is 5.02 Å². The largest absolute Gasteiger partial charge is 0.367 e. The van der Waals surface area contributed by atoms with E-state index in [1.807, 2.05) is 36.4 Å². The molecule has 2 N–H and O–H groups in total. The number of amides is 1. The van der Waals surface area contributed by atoms with E-state index in [2.05, 4.69) is 32.0 Å².